The van der Waals surface area contributed by atoms with Crippen LogP contribution in [0.5, 0.6) is 0 Å². The van der Waals surface area contributed by atoms with Gasteiger partial charge in [-0.1, -0.05) is 63.6 Å². The molecule has 1 N–H and O–H groups in total. The molecule has 0 radical (unpaired) electrons. The van der Waals surface area contributed by atoms with Gasteiger partial charge in [-0.05, 0) is 26.7 Å². The smallest absolute Gasteiger partial charge is 0.222 e. The number of rotatable bonds is 9. The summed E-state index contributed by atoms with van der Waals surface area (Å²) in [5, 5.41) is 3.26. The molecule has 26 heavy (non-hydrogen) atoms. The molecule has 0 aromatic heterocycles. The Labute approximate surface area is 162 Å². The van der Waals surface area contributed by atoms with Gasteiger partial charge >= 0.3 is 0 Å². The van der Waals surface area contributed by atoms with Gasteiger partial charge in [0.2, 0.25) is 5.91 Å². The molecule has 0 spiro atoms. The Morgan fingerprint density at radius 2 is 1.65 bits per heavy atom. The fourth-order valence-corrected chi connectivity index (χ4v) is 1.90. The third-order valence-electron chi connectivity index (χ3n) is 3.30. The van der Waals surface area contributed by atoms with Crippen LogP contribution in [0.1, 0.15) is 53.5 Å². The summed E-state index contributed by atoms with van der Waals surface area (Å²) in [4.78, 5) is 13.4. The topological polar surface area (TPSA) is 41.6 Å². The number of hydrogen-bond acceptors (Lipinski definition) is 3. The van der Waals surface area contributed by atoms with Crippen LogP contribution in [0.25, 0.3) is 0 Å². The first kappa shape index (κ1) is 26.8. The molecule has 4 nitrogen and oxygen atoms in total. The molecule has 4 heteroatoms. The normalized spacial score (nSPS) is 9.92. The lowest BCUT2D eigenvalue weighted by Gasteiger charge is -2.18. The maximum atomic E-state index is 11.6. The Bertz CT molecular complexity index is 419. The van der Waals surface area contributed by atoms with Gasteiger partial charge < -0.3 is 15.0 Å². The Morgan fingerprint density at radius 1 is 1.08 bits per heavy atom. The summed E-state index contributed by atoms with van der Waals surface area (Å²) in [7, 11) is 1.86. The van der Waals surface area contributed by atoms with E-state index in [0.717, 1.165) is 26.2 Å². The molecule has 0 aliphatic heterocycles. The monoisotopic (exact) mass is 366 g/mol. The Hall–Kier alpha value is -1.39. The van der Waals surface area contributed by atoms with Crippen LogP contribution in [-0.2, 0) is 9.53 Å². The van der Waals surface area contributed by atoms with Crippen molar-refractivity contribution in [2.45, 2.75) is 61.0 Å². The second kappa shape index (κ2) is 18.4. The number of amides is 1. The second-order valence-electron chi connectivity index (χ2n) is 6.74. The van der Waals surface area contributed by atoms with E-state index in [4.69, 9.17) is 4.74 Å². The molecule has 1 rings (SSSR count). The summed E-state index contributed by atoms with van der Waals surface area (Å²) < 4.78 is 5.41. The first-order chi connectivity index (χ1) is 12.3. The number of carbonyl (C=O) groups is 1. The van der Waals surface area contributed by atoms with Crippen molar-refractivity contribution in [3.05, 3.63) is 35.9 Å². The van der Waals surface area contributed by atoms with E-state index in [0.29, 0.717) is 12.3 Å². The second-order valence-corrected chi connectivity index (χ2v) is 6.74. The summed E-state index contributed by atoms with van der Waals surface area (Å²) in [6.07, 6.45) is 0.916. The van der Waals surface area contributed by atoms with Crippen molar-refractivity contribution in [2.24, 2.45) is 5.92 Å². The summed E-state index contributed by atoms with van der Waals surface area (Å²) >= 11 is 0. The quantitative estimate of drug-likeness (QED) is 0.653. The predicted octanol–water partition coefficient (Wildman–Crippen LogP) is 4.53. The van der Waals surface area contributed by atoms with Crippen LogP contribution in [-0.4, -0.2) is 50.2 Å². The van der Waals surface area contributed by atoms with Gasteiger partial charge in [0.15, 0.2) is 0 Å². The Balaban J connectivity index is 0. The Morgan fingerprint density at radius 3 is 2.08 bits per heavy atom. The average Bonchev–Trinajstić information content (AvgIpc) is 2.60. The number of aryl methyl sites for hydroxylation is 1. The lowest BCUT2D eigenvalue weighted by atomic mass is 10.1. The predicted molar refractivity (Wildman–Crippen MR) is 114 cm³/mol. The largest absolute Gasteiger partial charge is 0.377 e. The summed E-state index contributed by atoms with van der Waals surface area (Å²) in [5.74, 6) is 0.651. The highest BCUT2D eigenvalue weighted by Crippen LogP contribution is 2.01. The molecular weight excluding hydrogens is 324 g/mol. The van der Waals surface area contributed by atoms with E-state index in [9.17, 15) is 4.79 Å². The number of nitrogens with one attached hydrogen (secondary N) is 1. The van der Waals surface area contributed by atoms with Crippen LogP contribution in [0.3, 0.4) is 0 Å². The number of benzene rings is 1. The van der Waals surface area contributed by atoms with Crippen LogP contribution >= 0.6 is 0 Å². The van der Waals surface area contributed by atoms with E-state index in [1.54, 1.807) is 4.90 Å². The van der Waals surface area contributed by atoms with Gasteiger partial charge in [0, 0.05) is 33.1 Å². The van der Waals surface area contributed by atoms with Crippen LogP contribution in [0, 0.1) is 12.8 Å². The fraction of sp³-hybridized carbons (Fsp3) is 0.682. The molecule has 0 unspecified atom stereocenters. The van der Waals surface area contributed by atoms with Crippen molar-refractivity contribution in [3.63, 3.8) is 0 Å². The number of carbonyl (C=O) groups excluding carboxylic acids is 1. The molecule has 1 aromatic carbocycles. The summed E-state index contributed by atoms with van der Waals surface area (Å²) in [6.45, 7) is 17.4. The minimum Gasteiger partial charge on any atom is -0.377 e. The fourth-order valence-electron chi connectivity index (χ4n) is 1.90. The molecular formula is C22H42N2O2. The number of hydrogen-bond donors (Lipinski definition) is 1. The molecule has 1 aromatic rings. The van der Waals surface area contributed by atoms with E-state index in [-0.39, 0.29) is 12.0 Å². The minimum atomic E-state index is 0.222. The zero-order valence-electron chi connectivity index (χ0n) is 18.3. The van der Waals surface area contributed by atoms with Crippen molar-refractivity contribution in [1.82, 2.24) is 10.2 Å². The first-order valence-electron chi connectivity index (χ1n) is 9.90. The minimum absolute atomic E-state index is 0.222. The molecule has 0 atom stereocenters. The van der Waals surface area contributed by atoms with Crippen molar-refractivity contribution >= 4 is 5.91 Å². The van der Waals surface area contributed by atoms with Crippen molar-refractivity contribution in [3.8, 4) is 0 Å². The van der Waals surface area contributed by atoms with Crippen LogP contribution in [0.4, 0.5) is 0 Å². The van der Waals surface area contributed by atoms with E-state index in [1.807, 2.05) is 52.9 Å². The average molecular weight is 367 g/mol. The van der Waals surface area contributed by atoms with Gasteiger partial charge in [0.1, 0.15) is 0 Å². The van der Waals surface area contributed by atoms with Crippen LogP contribution in [0.2, 0.25) is 0 Å². The third-order valence-corrected chi connectivity index (χ3v) is 3.30. The molecule has 0 bridgehead atoms. The third kappa shape index (κ3) is 18.9. The molecule has 0 fully saturated rings. The highest BCUT2D eigenvalue weighted by molar-refractivity contribution is 5.76. The molecule has 0 saturated carbocycles. The van der Waals surface area contributed by atoms with Crippen LogP contribution in [0.15, 0.2) is 30.3 Å². The van der Waals surface area contributed by atoms with E-state index < -0.39 is 0 Å². The van der Waals surface area contributed by atoms with Gasteiger partial charge in [-0.25, -0.2) is 0 Å². The molecule has 1 amide bonds. The van der Waals surface area contributed by atoms with E-state index in [2.05, 4.69) is 38.2 Å². The number of ether oxygens (including phenoxy) is 1. The zero-order valence-corrected chi connectivity index (χ0v) is 18.3. The SMILES string of the molecule is CC.CC(C)CC(=O)N(C)CCNCCOC(C)C.Cc1ccccc1. The van der Waals surface area contributed by atoms with Crippen molar-refractivity contribution < 1.29 is 9.53 Å². The molecule has 152 valence electrons. The first-order valence-corrected chi connectivity index (χ1v) is 9.90. The number of likely N-dealkylation sites (N-methyl/N-ethyl adjacent to an activating group) is 1. The van der Waals surface area contributed by atoms with Crippen molar-refractivity contribution in [1.29, 1.82) is 0 Å². The van der Waals surface area contributed by atoms with Gasteiger partial charge in [0.25, 0.3) is 0 Å². The van der Waals surface area contributed by atoms with E-state index in [1.165, 1.54) is 5.56 Å². The Kier molecular flexibility index (Phi) is 19.0. The summed E-state index contributed by atoms with van der Waals surface area (Å²) in [6, 6.07) is 10.3. The molecule has 0 saturated heterocycles. The maximum Gasteiger partial charge on any atom is 0.222 e. The summed E-state index contributed by atoms with van der Waals surface area (Å²) in [5.41, 5.74) is 1.32. The molecule has 0 heterocycles. The van der Waals surface area contributed by atoms with Gasteiger partial charge in [-0.3, -0.25) is 4.79 Å². The number of nitrogens with zero attached hydrogens (tertiary/aromatic N) is 1. The highest BCUT2D eigenvalue weighted by Gasteiger charge is 2.09. The molecule has 0 aliphatic rings. The van der Waals surface area contributed by atoms with Crippen molar-refractivity contribution in [2.75, 3.05) is 33.3 Å². The van der Waals surface area contributed by atoms with Gasteiger partial charge in [0.05, 0.1) is 12.7 Å². The van der Waals surface area contributed by atoms with Gasteiger partial charge in [-0.2, -0.15) is 0 Å². The zero-order chi connectivity index (χ0) is 20.4. The highest BCUT2D eigenvalue weighted by atomic mass is 16.5. The van der Waals surface area contributed by atoms with Gasteiger partial charge in [-0.15, -0.1) is 0 Å². The lowest BCUT2D eigenvalue weighted by molar-refractivity contribution is -0.130. The maximum absolute atomic E-state index is 11.6. The standard InChI is InChI=1S/C13H28N2O2.C7H8.C2H6/c1-11(2)10-13(16)15(5)8-6-14-7-9-17-12(3)4;1-7-5-3-2-4-6-7;1-2/h11-12,14H,6-10H2,1-5H3;2-6H,1H3;1-2H3. The van der Waals surface area contributed by atoms with Crippen LogP contribution < -0.4 is 5.32 Å². The van der Waals surface area contributed by atoms with E-state index >= 15 is 0 Å². The lowest BCUT2D eigenvalue weighted by Crippen LogP contribution is -2.35. The molecule has 0 aliphatic carbocycles.